The van der Waals surface area contributed by atoms with Crippen LogP contribution in [0.3, 0.4) is 0 Å². The number of thioether (sulfide) groups is 1. The maximum Gasteiger partial charge on any atom is 0.201 e. The molecule has 1 aliphatic rings. The first-order valence-electron chi connectivity index (χ1n) is 5.66. The Labute approximate surface area is 122 Å². The summed E-state index contributed by atoms with van der Waals surface area (Å²) in [5.74, 6) is 0. The standard InChI is InChI=1S/C13H14Cl2N2S/c1-9(2)18-12-6-4-3-5-11(12)17-8-10(14)7-16-13(17)15/h3-9,13H,1-2H3. The number of hydrogen-bond donors (Lipinski definition) is 0. The van der Waals surface area contributed by atoms with Crippen LogP contribution in [0.25, 0.3) is 0 Å². The normalized spacial score (nSPS) is 19.3. The molecular formula is C13H14Cl2N2S. The van der Waals surface area contributed by atoms with Gasteiger partial charge in [-0.15, -0.1) is 11.8 Å². The van der Waals surface area contributed by atoms with Crippen LogP contribution in [0.15, 0.2) is 45.4 Å². The first-order valence-corrected chi connectivity index (χ1v) is 7.36. The molecule has 1 atom stereocenters. The second kappa shape index (κ2) is 6.00. The van der Waals surface area contributed by atoms with E-state index >= 15 is 0 Å². The second-order valence-corrected chi connectivity index (χ2v) is 6.59. The van der Waals surface area contributed by atoms with Crippen LogP contribution in [0.5, 0.6) is 0 Å². The Morgan fingerprint density at radius 2 is 2.06 bits per heavy atom. The number of halogens is 2. The van der Waals surface area contributed by atoms with Crippen LogP contribution < -0.4 is 4.90 Å². The van der Waals surface area contributed by atoms with Gasteiger partial charge in [0.05, 0.1) is 10.7 Å². The third-order valence-corrected chi connectivity index (χ3v) is 3.91. The summed E-state index contributed by atoms with van der Waals surface area (Å²) in [5.41, 5.74) is 0.590. The SMILES string of the molecule is CC(C)Sc1ccccc1N1C=C(Cl)C=NC1Cl. The van der Waals surface area contributed by atoms with Crippen LogP contribution in [0, 0.1) is 0 Å². The van der Waals surface area contributed by atoms with Crippen molar-refractivity contribution in [2.75, 3.05) is 4.90 Å². The van der Waals surface area contributed by atoms with Gasteiger partial charge in [-0.25, -0.2) is 0 Å². The van der Waals surface area contributed by atoms with Crippen molar-refractivity contribution in [1.82, 2.24) is 0 Å². The monoisotopic (exact) mass is 300 g/mol. The topological polar surface area (TPSA) is 15.6 Å². The maximum atomic E-state index is 6.21. The average molecular weight is 301 g/mol. The molecule has 96 valence electrons. The molecule has 1 aromatic carbocycles. The van der Waals surface area contributed by atoms with Crippen LogP contribution >= 0.6 is 35.0 Å². The van der Waals surface area contributed by atoms with Crippen LogP contribution in [0.4, 0.5) is 5.69 Å². The van der Waals surface area contributed by atoms with Gasteiger partial charge in [0.1, 0.15) is 0 Å². The number of allylic oxidation sites excluding steroid dienone is 1. The molecule has 0 spiro atoms. The fourth-order valence-electron chi connectivity index (χ4n) is 1.64. The number of alkyl halides is 1. The van der Waals surface area contributed by atoms with E-state index in [0.29, 0.717) is 10.3 Å². The van der Waals surface area contributed by atoms with Gasteiger partial charge in [-0.3, -0.25) is 4.99 Å². The molecule has 0 radical (unpaired) electrons. The number of benzene rings is 1. The molecule has 0 aliphatic carbocycles. The summed E-state index contributed by atoms with van der Waals surface area (Å²) >= 11 is 14.0. The van der Waals surface area contributed by atoms with Gasteiger partial charge < -0.3 is 4.90 Å². The van der Waals surface area contributed by atoms with Crippen molar-refractivity contribution in [2.24, 2.45) is 4.99 Å². The highest BCUT2D eigenvalue weighted by Gasteiger charge is 2.19. The molecule has 0 saturated heterocycles. The summed E-state index contributed by atoms with van der Waals surface area (Å²) in [7, 11) is 0. The van der Waals surface area contributed by atoms with Crippen molar-refractivity contribution >= 4 is 46.9 Å². The second-order valence-electron chi connectivity index (χ2n) is 4.14. The number of nitrogens with zero attached hydrogens (tertiary/aromatic N) is 2. The number of aliphatic imine (C=N–C) groups is 1. The van der Waals surface area contributed by atoms with Gasteiger partial charge in [-0.05, 0) is 12.1 Å². The molecule has 0 N–H and O–H groups in total. The van der Waals surface area contributed by atoms with E-state index in [1.807, 2.05) is 29.3 Å². The van der Waals surface area contributed by atoms with Crippen LogP contribution in [-0.2, 0) is 0 Å². The lowest BCUT2D eigenvalue weighted by Crippen LogP contribution is -2.27. The zero-order chi connectivity index (χ0) is 13.1. The third kappa shape index (κ3) is 3.22. The lowest BCUT2D eigenvalue weighted by atomic mass is 10.3. The molecule has 0 amide bonds. The van der Waals surface area contributed by atoms with E-state index in [1.54, 1.807) is 18.0 Å². The highest BCUT2D eigenvalue weighted by atomic mass is 35.5. The lowest BCUT2D eigenvalue weighted by Gasteiger charge is -2.28. The maximum absolute atomic E-state index is 6.21. The van der Waals surface area contributed by atoms with E-state index in [4.69, 9.17) is 23.2 Å². The van der Waals surface area contributed by atoms with E-state index in [9.17, 15) is 0 Å². The van der Waals surface area contributed by atoms with E-state index < -0.39 is 5.62 Å². The predicted molar refractivity (Wildman–Crippen MR) is 82.0 cm³/mol. The van der Waals surface area contributed by atoms with Gasteiger partial charge >= 0.3 is 0 Å². The molecule has 1 unspecified atom stereocenters. The number of rotatable bonds is 3. The molecule has 0 fully saturated rings. The van der Waals surface area contributed by atoms with Crippen molar-refractivity contribution in [1.29, 1.82) is 0 Å². The van der Waals surface area contributed by atoms with Crippen LogP contribution in [-0.4, -0.2) is 17.1 Å². The van der Waals surface area contributed by atoms with Gasteiger partial charge in [-0.2, -0.15) is 0 Å². The van der Waals surface area contributed by atoms with Crippen molar-refractivity contribution in [2.45, 2.75) is 29.6 Å². The summed E-state index contributed by atoms with van der Waals surface area (Å²) in [6.45, 7) is 4.33. The number of anilines is 1. The summed E-state index contributed by atoms with van der Waals surface area (Å²) < 4.78 is 0. The molecule has 1 aliphatic heterocycles. The fraction of sp³-hybridized carbons (Fsp3) is 0.308. The Balaban J connectivity index is 2.35. The molecule has 1 heterocycles. The molecule has 0 aromatic heterocycles. The van der Waals surface area contributed by atoms with Gasteiger partial charge in [0.15, 0.2) is 0 Å². The first-order chi connectivity index (χ1) is 8.58. The quantitative estimate of drug-likeness (QED) is 0.457. The Morgan fingerprint density at radius 3 is 2.78 bits per heavy atom. The molecule has 0 bridgehead atoms. The summed E-state index contributed by atoms with van der Waals surface area (Å²) in [4.78, 5) is 7.21. The Morgan fingerprint density at radius 1 is 1.33 bits per heavy atom. The van der Waals surface area contributed by atoms with Gasteiger partial charge in [0, 0.05) is 22.6 Å². The predicted octanol–water partition coefficient (Wildman–Crippen LogP) is 4.68. The largest absolute Gasteiger partial charge is 0.310 e. The highest BCUT2D eigenvalue weighted by molar-refractivity contribution is 8.00. The van der Waals surface area contributed by atoms with Crippen LogP contribution in [0.2, 0.25) is 0 Å². The average Bonchev–Trinajstić information content (AvgIpc) is 2.32. The molecule has 18 heavy (non-hydrogen) atoms. The smallest absolute Gasteiger partial charge is 0.201 e. The Bertz CT molecular complexity index is 486. The molecule has 2 nitrogen and oxygen atoms in total. The molecule has 5 heteroatoms. The van der Waals surface area contributed by atoms with Gasteiger partial charge in [-0.1, -0.05) is 49.2 Å². The molecule has 0 saturated carbocycles. The van der Waals surface area contributed by atoms with Gasteiger partial charge in [0.2, 0.25) is 5.62 Å². The van der Waals surface area contributed by atoms with Crippen molar-refractivity contribution in [3.05, 3.63) is 35.5 Å². The Hall–Kier alpha value is -0.640. The van der Waals surface area contributed by atoms with E-state index in [1.165, 1.54) is 4.90 Å². The molecule has 2 rings (SSSR count). The number of hydrogen-bond acceptors (Lipinski definition) is 3. The minimum atomic E-state index is -0.443. The van der Waals surface area contributed by atoms with Crippen LogP contribution in [0.1, 0.15) is 13.8 Å². The Kier molecular flexibility index (Phi) is 4.60. The summed E-state index contributed by atoms with van der Waals surface area (Å²) in [6.07, 6.45) is 3.39. The van der Waals surface area contributed by atoms with E-state index in [2.05, 4.69) is 24.9 Å². The highest BCUT2D eigenvalue weighted by Crippen LogP contribution is 2.35. The van der Waals surface area contributed by atoms with Crippen molar-refractivity contribution < 1.29 is 0 Å². The zero-order valence-corrected chi connectivity index (χ0v) is 12.5. The van der Waals surface area contributed by atoms with Crippen molar-refractivity contribution in [3.8, 4) is 0 Å². The lowest BCUT2D eigenvalue weighted by molar-refractivity contribution is 0.881. The van der Waals surface area contributed by atoms with E-state index in [0.717, 1.165) is 5.69 Å². The fourth-order valence-corrected chi connectivity index (χ4v) is 2.98. The van der Waals surface area contributed by atoms with Crippen molar-refractivity contribution in [3.63, 3.8) is 0 Å². The minimum absolute atomic E-state index is 0.443. The minimum Gasteiger partial charge on any atom is -0.310 e. The number of para-hydroxylation sites is 1. The zero-order valence-electron chi connectivity index (χ0n) is 10.2. The summed E-state index contributed by atoms with van der Waals surface area (Å²) in [5, 5.41) is 1.09. The van der Waals surface area contributed by atoms with E-state index in [-0.39, 0.29) is 0 Å². The first kappa shape index (κ1) is 13.8. The third-order valence-electron chi connectivity index (χ3n) is 2.32. The molecule has 1 aromatic rings. The summed E-state index contributed by atoms with van der Waals surface area (Å²) in [6, 6.07) is 8.13. The van der Waals surface area contributed by atoms with Gasteiger partial charge in [0.25, 0.3) is 0 Å². The molecular weight excluding hydrogens is 287 g/mol.